The molecule has 0 saturated carbocycles. The lowest BCUT2D eigenvalue weighted by atomic mass is 10.1. The summed E-state index contributed by atoms with van der Waals surface area (Å²) in [5, 5.41) is 3.31. The van der Waals surface area contributed by atoms with Gasteiger partial charge in [-0.15, -0.1) is 0 Å². The van der Waals surface area contributed by atoms with E-state index in [1.807, 2.05) is 54.6 Å². The van der Waals surface area contributed by atoms with E-state index in [4.69, 9.17) is 0 Å². The summed E-state index contributed by atoms with van der Waals surface area (Å²) in [6.07, 6.45) is -5.15. The zero-order valence-corrected chi connectivity index (χ0v) is 18.4. The Morgan fingerprint density at radius 3 is 1.18 bits per heavy atom. The first-order valence-corrected chi connectivity index (χ1v) is 12.3. The first kappa shape index (κ1) is 23.1. The lowest BCUT2D eigenvalue weighted by Crippen LogP contribution is -2.34. The van der Waals surface area contributed by atoms with Crippen LogP contribution in [0.25, 0.3) is 0 Å². The molecule has 0 aliphatic carbocycles. The maximum absolute atomic E-state index is 13.8. The van der Waals surface area contributed by atoms with Gasteiger partial charge in [-0.3, -0.25) is 0 Å². The van der Waals surface area contributed by atoms with Gasteiger partial charge in [-0.25, -0.2) is 0 Å². The zero-order chi connectivity index (χ0) is 23.5. The van der Waals surface area contributed by atoms with Crippen LogP contribution in [-0.4, -0.2) is 6.18 Å². The van der Waals surface area contributed by atoms with Crippen molar-refractivity contribution < 1.29 is 22.0 Å². The van der Waals surface area contributed by atoms with E-state index in [0.717, 1.165) is 28.0 Å². The second-order valence-electron chi connectivity index (χ2n) is 7.74. The summed E-state index contributed by atoms with van der Waals surface area (Å²) < 4.78 is 66.0. The third-order valence-corrected chi connectivity index (χ3v) is 10.1. The number of hydrogen-bond donors (Lipinski definition) is 0. The molecule has 0 N–H and O–H groups in total. The van der Waals surface area contributed by atoms with E-state index in [9.17, 15) is 22.0 Å². The molecule has 0 aromatic heterocycles. The van der Waals surface area contributed by atoms with Gasteiger partial charge in [0.1, 0.15) is 23.2 Å². The molecule has 0 atom stereocenters. The van der Waals surface area contributed by atoms with Crippen LogP contribution in [0.2, 0.25) is 0 Å². The van der Waals surface area contributed by atoms with Crippen LogP contribution in [0.15, 0.2) is 115 Å². The van der Waals surface area contributed by atoms with Crippen LogP contribution in [0.4, 0.5) is 22.0 Å². The van der Waals surface area contributed by atoms with E-state index in [2.05, 4.69) is 36.4 Å². The highest BCUT2D eigenvalue weighted by molar-refractivity contribution is 7.95. The van der Waals surface area contributed by atoms with Crippen LogP contribution in [-0.2, 0) is 12.1 Å². The fraction of sp³-hybridized carbons (Fsp3) is 0.111. The van der Waals surface area contributed by atoms with Crippen LogP contribution >= 0.6 is 7.26 Å². The topological polar surface area (TPSA) is 0 Å². The van der Waals surface area contributed by atoms with Gasteiger partial charge in [0.05, 0.1) is 6.16 Å². The monoisotopic (exact) mass is 471 g/mol. The standard InChI is InChI=1S/C27H21F5P/c28-26(29,27(30,31)32)22-18-16-21(17-19-22)20-33(23-10-4-1-5-11-23,24-12-6-2-7-13-24)25-14-8-3-9-15-25/h1-19H,20H2/q+1. The van der Waals surface area contributed by atoms with Gasteiger partial charge in [0.25, 0.3) is 0 Å². The molecule has 33 heavy (non-hydrogen) atoms. The summed E-state index contributed by atoms with van der Waals surface area (Å²) in [6.45, 7) is 0. The molecule has 4 rings (SSSR count). The molecule has 0 radical (unpaired) electrons. The summed E-state index contributed by atoms with van der Waals surface area (Å²) in [4.78, 5) is 0. The molecule has 0 heterocycles. The Morgan fingerprint density at radius 2 is 0.848 bits per heavy atom. The molecule has 0 unspecified atom stereocenters. The first-order chi connectivity index (χ1) is 15.7. The summed E-state index contributed by atoms with van der Waals surface area (Å²) >= 11 is 0. The molecule has 0 amide bonds. The third-order valence-electron chi connectivity index (χ3n) is 5.68. The molecule has 4 aromatic carbocycles. The predicted octanol–water partition coefficient (Wildman–Crippen LogP) is 6.83. The molecule has 0 fully saturated rings. The van der Waals surface area contributed by atoms with Gasteiger partial charge in [-0.1, -0.05) is 78.9 Å². The number of rotatable bonds is 6. The Bertz CT molecular complexity index is 1080. The molecular formula is C27H21F5P+. The van der Waals surface area contributed by atoms with Crippen LogP contribution in [0.5, 0.6) is 0 Å². The number of alkyl halides is 5. The van der Waals surface area contributed by atoms with Crippen molar-refractivity contribution in [3.63, 3.8) is 0 Å². The lowest BCUT2D eigenvalue weighted by Gasteiger charge is -2.28. The minimum atomic E-state index is -5.64. The van der Waals surface area contributed by atoms with Crippen molar-refractivity contribution in [3.05, 3.63) is 126 Å². The Morgan fingerprint density at radius 1 is 0.485 bits per heavy atom. The number of halogens is 5. The van der Waals surface area contributed by atoms with Gasteiger partial charge in [0, 0.05) is 5.56 Å². The minimum Gasteiger partial charge on any atom is -0.191 e. The summed E-state index contributed by atoms with van der Waals surface area (Å²) in [5.41, 5.74) is -0.358. The fourth-order valence-corrected chi connectivity index (χ4v) is 8.27. The normalized spacial score (nSPS) is 12.5. The second-order valence-corrected chi connectivity index (χ2v) is 11.2. The van der Waals surface area contributed by atoms with Crippen molar-refractivity contribution in [1.82, 2.24) is 0 Å². The van der Waals surface area contributed by atoms with Crippen molar-refractivity contribution in [3.8, 4) is 0 Å². The quantitative estimate of drug-likeness (QED) is 0.214. The summed E-state index contributed by atoms with van der Waals surface area (Å²) in [5.74, 6) is -4.89. The van der Waals surface area contributed by atoms with Gasteiger partial charge in [0.15, 0.2) is 0 Å². The molecule has 0 saturated heterocycles. The SMILES string of the molecule is FC(F)(F)C(F)(F)c1ccc(C[P+](c2ccccc2)(c2ccccc2)c2ccccc2)cc1. The maximum atomic E-state index is 13.8. The van der Waals surface area contributed by atoms with E-state index in [1.165, 1.54) is 12.1 Å². The first-order valence-electron chi connectivity index (χ1n) is 10.3. The van der Waals surface area contributed by atoms with Gasteiger partial charge >= 0.3 is 12.1 Å². The summed E-state index contributed by atoms with van der Waals surface area (Å²) in [7, 11) is -2.27. The van der Waals surface area contributed by atoms with Crippen molar-refractivity contribution in [2.24, 2.45) is 0 Å². The van der Waals surface area contributed by atoms with Gasteiger partial charge in [-0.2, -0.15) is 22.0 Å². The maximum Gasteiger partial charge on any atom is 0.458 e. The van der Waals surface area contributed by atoms with Crippen LogP contribution in [0.3, 0.4) is 0 Å². The molecule has 0 spiro atoms. The van der Waals surface area contributed by atoms with Gasteiger partial charge in [0.2, 0.25) is 0 Å². The van der Waals surface area contributed by atoms with Gasteiger partial charge < -0.3 is 0 Å². The Hall–Kier alpha value is -3.04. The van der Waals surface area contributed by atoms with E-state index in [0.29, 0.717) is 11.7 Å². The Kier molecular flexibility index (Phi) is 6.36. The van der Waals surface area contributed by atoms with Crippen molar-refractivity contribution in [2.45, 2.75) is 18.3 Å². The molecule has 4 aromatic rings. The molecule has 0 aliphatic heterocycles. The zero-order valence-electron chi connectivity index (χ0n) is 17.5. The van der Waals surface area contributed by atoms with Gasteiger partial charge in [-0.05, 0) is 42.0 Å². The highest BCUT2D eigenvalue weighted by Crippen LogP contribution is 2.58. The Balaban J connectivity index is 1.86. The third kappa shape index (κ3) is 4.43. The largest absolute Gasteiger partial charge is 0.458 e. The molecule has 0 nitrogen and oxygen atoms in total. The minimum absolute atomic E-state index is 0.489. The summed E-state index contributed by atoms with van der Waals surface area (Å²) in [6, 6.07) is 34.4. The number of hydrogen-bond acceptors (Lipinski definition) is 0. The second kappa shape index (κ2) is 9.07. The highest BCUT2D eigenvalue weighted by Gasteiger charge is 2.58. The fourth-order valence-electron chi connectivity index (χ4n) is 4.03. The van der Waals surface area contributed by atoms with E-state index in [1.54, 1.807) is 0 Å². The smallest absolute Gasteiger partial charge is 0.191 e. The van der Waals surface area contributed by atoms with Crippen LogP contribution < -0.4 is 15.9 Å². The molecule has 168 valence electrons. The highest BCUT2D eigenvalue weighted by atomic mass is 31.2. The van der Waals surface area contributed by atoms with E-state index < -0.39 is 24.9 Å². The van der Waals surface area contributed by atoms with E-state index >= 15 is 0 Å². The Labute approximate surface area is 190 Å². The molecule has 6 heteroatoms. The average Bonchev–Trinajstić information content (AvgIpc) is 2.84. The average molecular weight is 471 g/mol. The lowest BCUT2D eigenvalue weighted by molar-refractivity contribution is -0.289. The van der Waals surface area contributed by atoms with E-state index in [-0.39, 0.29) is 0 Å². The van der Waals surface area contributed by atoms with Crippen LogP contribution in [0.1, 0.15) is 11.1 Å². The van der Waals surface area contributed by atoms with Crippen molar-refractivity contribution >= 4 is 23.2 Å². The van der Waals surface area contributed by atoms with Crippen molar-refractivity contribution in [2.75, 3.05) is 0 Å². The molecule has 0 bridgehead atoms. The van der Waals surface area contributed by atoms with Crippen LogP contribution in [0, 0.1) is 0 Å². The van der Waals surface area contributed by atoms with Crippen molar-refractivity contribution in [1.29, 1.82) is 0 Å². The molecular weight excluding hydrogens is 450 g/mol. The molecule has 0 aliphatic rings. The number of benzene rings is 4. The predicted molar refractivity (Wildman–Crippen MR) is 125 cm³/mol.